The molecule has 0 aromatic heterocycles. The largest absolute Gasteiger partial charge is 0.380 e. The molecule has 1 aliphatic rings. The molecule has 0 bridgehead atoms. The van der Waals surface area contributed by atoms with Gasteiger partial charge in [-0.3, -0.25) is 0 Å². The molecule has 0 aromatic carbocycles. The Morgan fingerprint density at radius 3 is 2.38 bits per heavy atom. The van der Waals surface area contributed by atoms with Crippen LogP contribution in [-0.4, -0.2) is 18.8 Å². The van der Waals surface area contributed by atoms with Crippen LogP contribution in [0.15, 0.2) is 0 Å². The zero-order valence-corrected chi connectivity index (χ0v) is 9.01. The Morgan fingerprint density at radius 1 is 1.31 bits per heavy atom. The van der Waals surface area contributed by atoms with Crippen LogP contribution in [0, 0.1) is 5.92 Å². The van der Waals surface area contributed by atoms with Gasteiger partial charge in [0.15, 0.2) is 0 Å². The molecule has 1 saturated carbocycles. The molecule has 0 atom stereocenters. The van der Waals surface area contributed by atoms with Gasteiger partial charge in [0.1, 0.15) is 0 Å². The molecule has 1 rings (SSSR count). The minimum Gasteiger partial charge on any atom is -0.380 e. The second-order valence-corrected chi connectivity index (χ2v) is 4.35. The molecule has 0 saturated heterocycles. The fourth-order valence-corrected chi connectivity index (χ4v) is 1.39. The van der Waals surface area contributed by atoms with E-state index in [1.807, 2.05) is 0 Å². The second kappa shape index (κ2) is 4.97. The van der Waals surface area contributed by atoms with Gasteiger partial charge in [-0.05, 0) is 25.2 Å². The van der Waals surface area contributed by atoms with Crippen LogP contribution in [0.5, 0.6) is 0 Å². The summed E-state index contributed by atoms with van der Waals surface area (Å²) in [6.45, 7) is 5.90. The van der Waals surface area contributed by atoms with Gasteiger partial charge in [-0.1, -0.05) is 26.7 Å². The third-order valence-corrected chi connectivity index (χ3v) is 3.17. The SMILES string of the molecule is CCC(N)(CC)COCCC1CC1. The maximum atomic E-state index is 6.10. The molecule has 1 fully saturated rings. The standard InChI is InChI=1S/C11H23NO/c1-3-11(12,4-2)9-13-8-7-10-5-6-10/h10H,3-9,12H2,1-2H3. The summed E-state index contributed by atoms with van der Waals surface area (Å²) in [5.74, 6) is 0.968. The van der Waals surface area contributed by atoms with E-state index in [0.29, 0.717) is 0 Å². The quantitative estimate of drug-likeness (QED) is 0.618. The van der Waals surface area contributed by atoms with Gasteiger partial charge in [0, 0.05) is 12.1 Å². The first-order chi connectivity index (χ1) is 6.20. The third kappa shape index (κ3) is 4.10. The molecule has 0 aromatic rings. The van der Waals surface area contributed by atoms with E-state index in [9.17, 15) is 0 Å². The maximum absolute atomic E-state index is 6.10. The lowest BCUT2D eigenvalue weighted by molar-refractivity contribution is 0.0770. The van der Waals surface area contributed by atoms with Gasteiger partial charge >= 0.3 is 0 Å². The first kappa shape index (κ1) is 11.0. The number of hydrogen-bond donors (Lipinski definition) is 1. The number of hydrogen-bond acceptors (Lipinski definition) is 2. The average Bonchev–Trinajstić information content (AvgIpc) is 2.96. The number of ether oxygens (including phenoxy) is 1. The zero-order valence-electron chi connectivity index (χ0n) is 9.01. The van der Waals surface area contributed by atoms with E-state index in [1.165, 1.54) is 19.3 Å². The van der Waals surface area contributed by atoms with Crippen LogP contribution in [0.25, 0.3) is 0 Å². The Labute approximate surface area is 81.8 Å². The smallest absolute Gasteiger partial charge is 0.0645 e. The summed E-state index contributed by atoms with van der Waals surface area (Å²) < 4.78 is 5.61. The molecular formula is C11H23NO. The first-order valence-electron chi connectivity index (χ1n) is 5.57. The molecule has 2 heteroatoms. The van der Waals surface area contributed by atoms with E-state index < -0.39 is 0 Å². The summed E-state index contributed by atoms with van der Waals surface area (Å²) in [6, 6.07) is 0. The van der Waals surface area contributed by atoms with E-state index in [1.54, 1.807) is 0 Å². The fraction of sp³-hybridized carbons (Fsp3) is 1.00. The number of rotatable bonds is 7. The molecule has 1 aliphatic carbocycles. The highest BCUT2D eigenvalue weighted by Gasteiger charge is 2.23. The lowest BCUT2D eigenvalue weighted by Crippen LogP contribution is -2.43. The fourth-order valence-electron chi connectivity index (χ4n) is 1.39. The van der Waals surface area contributed by atoms with Gasteiger partial charge in [-0.2, -0.15) is 0 Å². The van der Waals surface area contributed by atoms with Crippen molar-refractivity contribution in [2.45, 2.75) is 51.5 Å². The van der Waals surface area contributed by atoms with Crippen molar-refractivity contribution in [2.24, 2.45) is 11.7 Å². The van der Waals surface area contributed by atoms with Crippen LogP contribution in [-0.2, 0) is 4.74 Å². The molecule has 13 heavy (non-hydrogen) atoms. The molecule has 0 radical (unpaired) electrons. The Bertz CT molecular complexity index is 139. The molecular weight excluding hydrogens is 162 g/mol. The summed E-state index contributed by atoms with van der Waals surface area (Å²) >= 11 is 0. The summed E-state index contributed by atoms with van der Waals surface area (Å²) in [5, 5.41) is 0. The highest BCUT2D eigenvalue weighted by Crippen LogP contribution is 2.32. The molecule has 0 unspecified atom stereocenters. The van der Waals surface area contributed by atoms with Crippen LogP contribution >= 0.6 is 0 Å². The Hall–Kier alpha value is -0.0800. The molecule has 0 heterocycles. The monoisotopic (exact) mass is 185 g/mol. The normalized spacial score (nSPS) is 17.8. The predicted octanol–water partition coefficient (Wildman–Crippen LogP) is 2.32. The van der Waals surface area contributed by atoms with Crippen molar-refractivity contribution >= 4 is 0 Å². The summed E-state index contributed by atoms with van der Waals surface area (Å²) in [6.07, 6.45) is 6.08. The van der Waals surface area contributed by atoms with Gasteiger partial charge in [0.05, 0.1) is 6.61 Å². The van der Waals surface area contributed by atoms with Gasteiger partial charge in [-0.25, -0.2) is 0 Å². The molecule has 0 amide bonds. The van der Waals surface area contributed by atoms with E-state index >= 15 is 0 Å². The van der Waals surface area contributed by atoms with Crippen molar-refractivity contribution in [2.75, 3.05) is 13.2 Å². The molecule has 0 spiro atoms. The van der Waals surface area contributed by atoms with Crippen molar-refractivity contribution in [3.63, 3.8) is 0 Å². The van der Waals surface area contributed by atoms with Crippen molar-refractivity contribution < 1.29 is 4.74 Å². The highest BCUT2D eigenvalue weighted by atomic mass is 16.5. The summed E-state index contributed by atoms with van der Waals surface area (Å²) in [4.78, 5) is 0. The van der Waals surface area contributed by atoms with Crippen molar-refractivity contribution in [3.8, 4) is 0 Å². The van der Waals surface area contributed by atoms with Crippen LogP contribution in [0.2, 0.25) is 0 Å². The average molecular weight is 185 g/mol. The Morgan fingerprint density at radius 2 is 1.92 bits per heavy atom. The molecule has 2 nitrogen and oxygen atoms in total. The van der Waals surface area contributed by atoms with Crippen molar-refractivity contribution in [1.82, 2.24) is 0 Å². The third-order valence-electron chi connectivity index (χ3n) is 3.17. The van der Waals surface area contributed by atoms with Crippen LogP contribution in [0.3, 0.4) is 0 Å². The predicted molar refractivity (Wildman–Crippen MR) is 55.7 cm³/mol. The summed E-state index contributed by atoms with van der Waals surface area (Å²) in [5.41, 5.74) is 6.02. The maximum Gasteiger partial charge on any atom is 0.0645 e. The van der Waals surface area contributed by atoms with E-state index in [0.717, 1.165) is 32.0 Å². The topological polar surface area (TPSA) is 35.2 Å². The van der Waals surface area contributed by atoms with Crippen LogP contribution in [0.4, 0.5) is 0 Å². The minimum absolute atomic E-state index is 0.0798. The zero-order chi connectivity index (χ0) is 9.73. The minimum atomic E-state index is -0.0798. The molecule has 78 valence electrons. The highest BCUT2D eigenvalue weighted by molar-refractivity contribution is 4.80. The van der Waals surface area contributed by atoms with Gasteiger partial charge < -0.3 is 10.5 Å². The van der Waals surface area contributed by atoms with Crippen LogP contribution < -0.4 is 5.73 Å². The summed E-state index contributed by atoms with van der Waals surface area (Å²) in [7, 11) is 0. The van der Waals surface area contributed by atoms with E-state index in [4.69, 9.17) is 10.5 Å². The lowest BCUT2D eigenvalue weighted by atomic mass is 9.96. The Balaban J connectivity index is 2.01. The number of nitrogens with two attached hydrogens (primary N) is 1. The Kier molecular flexibility index (Phi) is 4.20. The first-order valence-corrected chi connectivity index (χ1v) is 5.57. The van der Waals surface area contributed by atoms with Gasteiger partial charge in [0.2, 0.25) is 0 Å². The van der Waals surface area contributed by atoms with Crippen molar-refractivity contribution in [1.29, 1.82) is 0 Å². The second-order valence-electron chi connectivity index (χ2n) is 4.35. The van der Waals surface area contributed by atoms with Gasteiger partial charge in [-0.15, -0.1) is 0 Å². The molecule has 0 aliphatic heterocycles. The van der Waals surface area contributed by atoms with E-state index in [-0.39, 0.29) is 5.54 Å². The van der Waals surface area contributed by atoms with Crippen molar-refractivity contribution in [3.05, 3.63) is 0 Å². The molecule has 2 N–H and O–H groups in total. The lowest BCUT2D eigenvalue weighted by Gasteiger charge is -2.26. The van der Waals surface area contributed by atoms with Crippen LogP contribution in [0.1, 0.15) is 46.0 Å². The van der Waals surface area contributed by atoms with Gasteiger partial charge in [0.25, 0.3) is 0 Å². The van der Waals surface area contributed by atoms with E-state index in [2.05, 4.69) is 13.8 Å².